The standard InChI is InChI=1S/C16H16N6OS/c23-16(17-10-11-24-15-4-2-1-3-5-15)19-13-6-8-14(9-7-13)22-12-18-20-21-22/h1-9,12H,10-11H2,(H2,17,19,23). The minimum atomic E-state index is -0.223. The van der Waals surface area contributed by atoms with Crippen LogP contribution in [0.2, 0.25) is 0 Å². The molecule has 2 amide bonds. The number of benzene rings is 2. The van der Waals surface area contributed by atoms with E-state index in [2.05, 4.69) is 38.3 Å². The molecule has 3 rings (SSSR count). The SMILES string of the molecule is O=C(NCCSc1ccccc1)Nc1ccc(-n2cnnn2)cc1. The van der Waals surface area contributed by atoms with Crippen molar-refractivity contribution in [3.05, 3.63) is 60.9 Å². The maximum atomic E-state index is 11.9. The number of thioether (sulfide) groups is 1. The first-order valence-electron chi connectivity index (χ1n) is 7.37. The van der Waals surface area contributed by atoms with Gasteiger partial charge in [-0.15, -0.1) is 16.9 Å². The first-order valence-corrected chi connectivity index (χ1v) is 8.36. The minimum absolute atomic E-state index is 0.223. The van der Waals surface area contributed by atoms with Crippen LogP contribution in [0, 0.1) is 0 Å². The van der Waals surface area contributed by atoms with Crippen LogP contribution in [0.15, 0.2) is 65.8 Å². The molecular weight excluding hydrogens is 324 g/mol. The lowest BCUT2D eigenvalue weighted by Crippen LogP contribution is -2.30. The summed E-state index contributed by atoms with van der Waals surface area (Å²) in [7, 11) is 0. The third kappa shape index (κ3) is 4.56. The van der Waals surface area contributed by atoms with Crippen molar-refractivity contribution >= 4 is 23.5 Å². The molecule has 0 fully saturated rings. The minimum Gasteiger partial charge on any atom is -0.337 e. The zero-order valence-corrected chi connectivity index (χ0v) is 13.6. The van der Waals surface area contributed by atoms with Crippen molar-refractivity contribution in [3.63, 3.8) is 0 Å². The quantitative estimate of drug-likeness (QED) is 0.532. The lowest BCUT2D eigenvalue weighted by Gasteiger charge is -2.08. The monoisotopic (exact) mass is 340 g/mol. The van der Waals surface area contributed by atoms with Gasteiger partial charge in [0, 0.05) is 22.9 Å². The van der Waals surface area contributed by atoms with E-state index >= 15 is 0 Å². The van der Waals surface area contributed by atoms with Gasteiger partial charge in [-0.1, -0.05) is 18.2 Å². The van der Waals surface area contributed by atoms with E-state index in [4.69, 9.17) is 0 Å². The summed E-state index contributed by atoms with van der Waals surface area (Å²) in [5.41, 5.74) is 1.53. The average molecular weight is 340 g/mol. The molecule has 0 aliphatic heterocycles. The van der Waals surface area contributed by atoms with Crippen molar-refractivity contribution in [2.45, 2.75) is 4.90 Å². The fourth-order valence-electron chi connectivity index (χ4n) is 2.00. The molecule has 8 heteroatoms. The summed E-state index contributed by atoms with van der Waals surface area (Å²) >= 11 is 1.71. The highest BCUT2D eigenvalue weighted by molar-refractivity contribution is 7.99. The molecule has 0 atom stereocenters. The predicted molar refractivity (Wildman–Crippen MR) is 93.3 cm³/mol. The third-order valence-electron chi connectivity index (χ3n) is 3.14. The van der Waals surface area contributed by atoms with Crippen molar-refractivity contribution in [3.8, 4) is 5.69 Å². The Kier molecular flexibility index (Phi) is 5.41. The lowest BCUT2D eigenvalue weighted by molar-refractivity contribution is 0.252. The molecule has 2 aromatic carbocycles. The predicted octanol–water partition coefficient (Wildman–Crippen LogP) is 2.58. The van der Waals surface area contributed by atoms with Gasteiger partial charge in [-0.05, 0) is 46.8 Å². The fourth-order valence-corrected chi connectivity index (χ4v) is 2.79. The molecule has 1 heterocycles. The van der Waals surface area contributed by atoms with Crippen molar-refractivity contribution < 1.29 is 4.79 Å². The molecule has 1 aromatic heterocycles. The molecule has 0 aliphatic rings. The van der Waals surface area contributed by atoms with E-state index in [1.807, 2.05) is 30.3 Å². The number of carbonyl (C=O) groups is 1. The number of nitrogens with one attached hydrogen (secondary N) is 2. The highest BCUT2D eigenvalue weighted by atomic mass is 32.2. The van der Waals surface area contributed by atoms with Gasteiger partial charge in [0.25, 0.3) is 0 Å². The van der Waals surface area contributed by atoms with Gasteiger partial charge in [0.05, 0.1) is 5.69 Å². The molecule has 3 aromatic rings. The van der Waals surface area contributed by atoms with Gasteiger partial charge in [0.1, 0.15) is 6.33 Å². The number of carbonyl (C=O) groups excluding carboxylic acids is 1. The lowest BCUT2D eigenvalue weighted by atomic mass is 10.3. The molecule has 0 spiro atoms. The van der Waals surface area contributed by atoms with E-state index in [-0.39, 0.29) is 6.03 Å². The van der Waals surface area contributed by atoms with Crippen molar-refractivity contribution in [1.82, 2.24) is 25.5 Å². The van der Waals surface area contributed by atoms with Crippen molar-refractivity contribution in [1.29, 1.82) is 0 Å². The Morgan fingerprint density at radius 3 is 2.58 bits per heavy atom. The van der Waals surface area contributed by atoms with Gasteiger partial charge in [-0.3, -0.25) is 0 Å². The summed E-state index contributed by atoms with van der Waals surface area (Å²) in [4.78, 5) is 13.1. The molecular formula is C16H16N6OS. The number of rotatable bonds is 6. The Morgan fingerprint density at radius 1 is 1.08 bits per heavy atom. The van der Waals surface area contributed by atoms with E-state index < -0.39 is 0 Å². The Labute approximate surface area is 143 Å². The van der Waals surface area contributed by atoms with Crippen molar-refractivity contribution in [2.24, 2.45) is 0 Å². The number of nitrogens with zero attached hydrogens (tertiary/aromatic N) is 4. The summed E-state index contributed by atoms with van der Waals surface area (Å²) in [6.45, 7) is 0.591. The molecule has 7 nitrogen and oxygen atoms in total. The molecule has 0 radical (unpaired) electrons. The second-order valence-electron chi connectivity index (χ2n) is 4.84. The van der Waals surface area contributed by atoms with E-state index in [0.717, 1.165) is 11.4 Å². The van der Waals surface area contributed by atoms with Crippen LogP contribution in [0.4, 0.5) is 10.5 Å². The Hall–Kier alpha value is -2.87. The summed E-state index contributed by atoms with van der Waals surface area (Å²) < 4.78 is 1.55. The Morgan fingerprint density at radius 2 is 1.88 bits per heavy atom. The second-order valence-corrected chi connectivity index (χ2v) is 6.01. The van der Waals surface area contributed by atoms with Crippen LogP contribution < -0.4 is 10.6 Å². The highest BCUT2D eigenvalue weighted by Crippen LogP contribution is 2.16. The first-order chi connectivity index (χ1) is 11.8. The average Bonchev–Trinajstić information content (AvgIpc) is 3.15. The van der Waals surface area contributed by atoms with Crippen LogP contribution in [0.5, 0.6) is 0 Å². The van der Waals surface area contributed by atoms with E-state index in [1.54, 1.807) is 28.6 Å². The number of amides is 2. The van der Waals surface area contributed by atoms with Gasteiger partial charge in [-0.25, -0.2) is 9.48 Å². The number of hydrogen-bond acceptors (Lipinski definition) is 5. The largest absolute Gasteiger partial charge is 0.337 e. The van der Waals surface area contributed by atoms with Crippen LogP contribution >= 0.6 is 11.8 Å². The molecule has 0 bridgehead atoms. The van der Waals surface area contributed by atoms with Crippen LogP contribution in [-0.4, -0.2) is 38.5 Å². The first kappa shape index (κ1) is 16.0. The number of tetrazole rings is 1. The summed E-state index contributed by atoms with van der Waals surface area (Å²) in [6.07, 6.45) is 1.51. The summed E-state index contributed by atoms with van der Waals surface area (Å²) in [5, 5.41) is 16.6. The molecule has 0 saturated heterocycles. The number of aromatic nitrogens is 4. The molecule has 0 unspecified atom stereocenters. The van der Waals surface area contributed by atoms with E-state index in [0.29, 0.717) is 12.2 Å². The van der Waals surface area contributed by atoms with Gasteiger partial charge < -0.3 is 10.6 Å². The van der Waals surface area contributed by atoms with Crippen LogP contribution in [-0.2, 0) is 0 Å². The fraction of sp³-hybridized carbons (Fsp3) is 0.125. The van der Waals surface area contributed by atoms with Gasteiger partial charge in [0.15, 0.2) is 0 Å². The highest BCUT2D eigenvalue weighted by Gasteiger charge is 2.03. The van der Waals surface area contributed by atoms with Crippen LogP contribution in [0.3, 0.4) is 0 Å². The number of hydrogen-bond donors (Lipinski definition) is 2. The summed E-state index contributed by atoms with van der Waals surface area (Å²) in [6, 6.07) is 17.1. The van der Waals surface area contributed by atoms with Gasteiger partial charge >= 0.3 is 6.03 Å². The summed E-state index contributed by atoms with van der Waals surface area (Å²) in [5.74, 6) is 0.815. The maximum Gasteiger partial charge on any atom is 0.319 e. The third-order valence-corrected chi connectivity index (χ3v) is 4.15. The smallest absolute Gasteiger partial charge is 0.319 e. The topological polar surface area (TPSA) is 84.7 Å². The Balaban J connectivity index is 1.42. The normalized spacial score (nSPS) is 10.3. The molecule has 122 valence electrons. The zero-order valence-electron chi connectivity index (χ0n) is 12.8. The second kappa shape index (κ2) is 8.11. The van der Waals surface area contributed by atoms with Gasteiger partial charge in [-0.2, -0.15) is 0 Å². The molecule has 24 heavy (non-hydrogen) atoms. The molecule has 0 aliphatic carbocycles. The van der Waals surface area contributed by atoms with E-state index in [1.165, 1.54) is 11.2 Å². The van der Waals surface area contributed by atoms with Gasteiger partial charge in [0.2, 0.25) is 0 Å². The van der Waals surface area contributed by atoms with Crippen LogP contribution in [0.25, 0.3) is 5.69 Å². The van der Waals surface area contributed by atoms with Crippen LogP contribution in [0.1, 0.15) is 0 Å². The van der Waals surface area contributed by atoms with Crippen molar-refractivity contribution in [2.75, 3.05) is 17.6 Å². The Bertz CT molecular complexity index is 761. The number of anilines is 1. The number of urea groups is 1. The maximum absolute atomic E-state index is 11.9. The van der Waals surface area contributed by atoms with E-state index in [9.17, 15) is 4.79 Å². The molecule has 2 N–H and O–H groups in total. The molecule has 0 saturated carbocycles. The zero-order chi connectivity index (χ0) is 16.6.